The molecule has 1 saturated carbocycles. The number of aliphatic hydroxyl groups excluding tert-OH is 6. The van der Waals surface area contributed by atoms with E-state index >= 15 is 0 Å². The van der Waals surface area contributed by atoms with Gasteiger partial charge in [-0.25, -0.2) is 0 Å². The largest absolute Gasteiger partial charge is 1.00 e. The van der Waals surface area contributed by atoms with E-state index in [9.17, 15) is 40.5 Å². The van der Waals surface area contributed by atoms with E-state index in [1.165, 1.54) is 13.8 Å². The van der Waals surface area contributed by atoms with E-state index < -0.39 is 92.3 Å². The molecule has 3 aliphatic rings. The Balaban J connectivity index is 0.00000432. The van der Waals surface area contributed by atoms with Crippen LogP contribution in [0.1, 0.15) is 39.5 Å². The average Bonchev–Trinajstić information content (AvgIpc) is 2.81. The molecule has 1 aliphatic carbocycles. The van der Waals surface area contributed by atoms with Crippen molar-refractivity contribution in [1.29, 1.82) is 0 Å². The van der Waals surface area contributed by atoms with E-state index in [-0.39, 0.29) is 29.6 Å². The standard InChI is InChI=1S/C21H36O13.Na/c1-8-13(23)15(25)16(26)20(31-8)32-10-5-3-4-6-11(10)33-21-17(27)18(30-9(2)19(28)29)14(24)12(7-22)34-21;/h8-18,20-27H,3-7H2,1-2H3,(H,28,29);/q;+1/p-1/t8-,9-,10+,11+,12+,13+,14-,15+,16-,17+,18-,20-,21+;/m0./s1. The Kier molecular flexibility index (Phi) is 12.2. The quantitative estimate of drug-likeness (QED) is 0.165. The van der Waals surface area contributed by atoms with Gasteiger partial charge in [-0.05, 0) is 26.7 Å². The van der Waals surface area contributed by atoms with Crippen LogP contribution in [0, 0.1) is 0 Å². The maximum Gasteiger partial charge on any atom is 1.00 e. The fourth-order valence-electron chi connectivity index (χ4n) is 4.46. The molecule has 35 heavy (non-hydrogen) atoms. The summed E-state index contributed by atoms with van der Waals surface area (Å²) in [6.07, 6.45) is -13.7. The molecule has 2 heterocycles. The first-order valence-corrected chi connectivity index (χ1v) is 11.5. The van der Waals surface area contributed by atoms with Gasteiger partial charge in [0.2, 0.25) is 0 Å². The van der Waals surface area contributed by atoms with Crippen LogP contribution in [-0.4, -0.2) is 123 Å². The Hall–Kier alpha value is 0.0300. The summed E-state index contributed by atoms with van der Waals surface area (Å²) in [5.74, 6) is -1.54. The fraction of sp³-hybridized carbons (Fsp3) is 0.952. The van der Waals surface area contributed by atoms with E-state index in [2.05, 4.69) is 0 Å². The van der Waals surface area contributed by atoms with Crippen LogP contribution in [0.4, 0.5) is 0 Å². The van der Waals surface area contributed by atoms with Crippen molar-refractivity contribution in [2.45, 2.75) is 119 Å². The summed E-state index contributed by atoms with van der Waals surface area (Å²) in [6.45, 7) is 2.07. The molecule has 3 rings (SSSR count). The molecular formula is C21H35NaO13. The van der Waals surface area contributed by atoms with Crippen molar-refractivity contribution in [2.75, 3.05) is 6.61 Å². The monoisotopic (exact) mass is 518 g/mol. The summed E-state index contributed by atoms with van der Waals surface area (Å²) >= 11 is 0. The summed E-state index contributed by atoms with van der Waals surface area (Å²) in [5.41, 5.74) is 0. The molecule has 0 radical (unpaired) electrons. The maximum absolute atomic E-state index is 11.1. The second-order valence-electron chi connectivity index (χ2n) is 9.08. The van der Waals surface area contributed by atoms with Crippen LogP contribution in [-0.2, 0) is 28.5 Å². The molecule has 13 atom stereocenters. The van der Waals surface area contributed by atoms with E-state index in [4.69, 9.17) is 23.7 Å². The van der Waals surface area contributed by atoms with Crippen molar-refractivity contribution in [2.24, 2.45) is 0 Å². The molecule has 2 aliphatic heterocycles. The molecule has 6 N–H and O–H groups in total. The van der Waals surface area contributed by atoms with Crippen molar-refractivity contribution in [1.82, 2.24) is 0 Å². The second kappa shape index (κ2) is 13.7. The number of carbonyl (C=O) groups excluding carboxylic acids is 1. The Morgan fingerprint density at radius 2 is 1.46 bits per heavy atom. The zero-order chi connectivity index (χ0) is 25.2. The van der Waals surface area contributed by atoms with Crippen LogP contribution in [0.25, 0.3) is 0 Å². The predicted octanol–water partition coefficient (Wildman–Crippen LogP) is -6.88. The van der Waals surface area contributed by atoms with Gasteiger partial charge in [0.1, 0.15) is 42.7 Å². The molecule has 0 amide bonds. The molecule has 0 unspecified atom stereocenters. The number of hydrogen-bond acceptors (Lipinski definition) is 13. The van der Waals surface area contributed by atoms with Gasteiger partial charge in [-0.3, -0.25) is 0 Å². The molecule has 13 nitrogen and oxygen atoms in total. The van der Waals surface area contributed by atoms with Crippen molar-refractivity contribution in [3.63, 3.8) is 0 Å². The normalized spacial score (nSPS) is 45.4. The summed E-state index contributed by atoms with van der Waals surface area (Å²) < 4.78 is 28.1. The maximum atomic E-state index is 11.1. The van der Waals surface area contributed by atoms with Crippen LogP contribution in [0.3, 0.4) is 0 Å². The smallest absolute Gasteiger partial charge is 0.547 e. The molecule has 0 aromatic heterocycles. The topological polar surface area (TPSA) is 208 Å². The molecular weight excluding hydrogens is 483 g/mol. The molecule has 2 saturated heterocycles. The van der Waals surface area contributed by atoms with E-state index in [1.54, 1.807) is 0 Å². The number of hydrogen-bond donors (Lipinski definition) is 6. The van der Waals surface area contributed by atoms with Crippen LogP contribution in [0.5, 0.6) is 0 Å². The van der Waals surface area contributed by atoms with E-state index in [0.717, 1.165) is 12.8 Å². The minimum absolute atomic E-state index is 0. The minimum atomic E-state index is -1.60. The first-order chi connectivity index (χ1) is 16.0. The average molecular weight is 518 g/mol. The number of carboxylic acid groups (broad SMARTS) is 1. The van der Waals surface area contributed by atoms with Gasteiger partial charge < -0.3 is 64.2 Å². The zero-order valence-electron chi connectivity index (χ0n) is 20.1. The first kappa shape index (κ1) is 31.2. The van der Waals surface area contributed by atoms with Gasteiger partial charge >= 0.3 is 29.6 Å². The molecule has 14 heteroatoms. The Labute approximate surface area is 225 Å². The van der Waals surface area contributed by atoms with Gasteiger partial charge in [-0.2, -0.15) is 0 Å². The van der Waals surface area contributed by atoms with Gasteiger partial charge in [-0.1, -0.05) is 12.8 Å². The number of carboxylic acids is 1. The Morgan fingerprint density at radius 3 is 1.97 bits per heavy atom. The van der Waals surface area contributed by atoms with Gasteiger partial charge in [0, 0.05) is 0 Å². The first-order valence-electron chi connectivity index (χ1n) is 11.5. The van der Waals surface area contributed by atoms with E-state index in [0.29, 0.717) is 12.8 Å². The molecule has 0 bridgehead atoms. The van der Waals surface area contributed by atoms with Gasteiger partial charge in [0.25, 0.3) is 0 Å². The number of ether oxygens (including phenoxy) is 5. The molecule has 0 aromatic rings. The summed E-state index contributed by atoms with van der Waals surface area (Å²) in [5, 5.41) is 71.9. The number of rotatable bonds is 8. The van der Waals surface area contributed by atoms with Crippen LogP contribution >= 0.6 is 0 Å². The predicted molar refractivity (Wildman–Crippen MR) is 108 cm³/mol. The third kappa shape index (κ3) is 7.33. The number of carbonyl (C=O) groups is 1. The summed E-state index contributed by atoms with van der Waals surface area (Å²) in [4.78, 5) is 11.1. The zero-order valence-corrected chi connectivity index (χ0v) is 22.1. The van der Waals surface area contributed by atoms with Crippen molar-refractivity contribution in [3.8, 4) is 0 Å². The summed E-state index contributed by atoms with van der Waals surface area (Å²) in [6, 6.07) is 0. The van der Waals surface area contributed by atoms with Crippen molar-refractivity contribution >= 4 is 5.97 Å². The van der Waals surface area contributed by atoms with Crippen molar-refractivity contribution < 1.29 is 93.8 Å². The van der Waals surface area contributed by atoms with E-state index in [1.807, 2.05) is 0 Å². The SMILES string of the molecule is C[C@H](O[C@H]1[C@@H](O)[C@@H](CO)O[C@@H](O[C@@H]2CCCC[C@H]2O[C@@H]2O[C@@H](C)[C@@H](O)[C@@H](O)[C@@H]2O)[C@@H]1O)C(=O)[O-].[Na+]. The van der Waals surface area contributed by atoms with Crippen LogP contribution in [0.15, 0.2) is 0 Å². The third-order valence-electron chi connectivity index (χ3n) is 6.58. The Morgan fingerprint density at radius 1 is 0.914 bits per heavy atom. The molecule has 3 fully saturated rings. The fourth-order valence-corrected chi connectivity index (χ4v) is 4.46. The van der Waals surface area contributed by atoms with Gasteiger partial charge in [0.15, 0.2) is 12.6 Å². The molecule has 198 valence electrons. The number of aliphatic carboxylic acids is 1. The minimum Gasteiger partial charge on any atom is -0.547 e. The number of aliphatic hydroxyl groups is 6. The molecule has 0 aromatic carbocycles. The summed E-state index contributed by atoms with van der Waals surface area (Å²) in [7, 11) is 0. The molecule has 0 spiro atoms. The van der Waals surface area contributed by atoms with Crippen LogP contribution < -0.4 is 34.7 Å². The van der Waals surface area contributed by atoms with Crippen LogP contribution in [0.2, 0.25) is 0 Å². The Bertz CT molecular complexity index is 671. The second-order valence-corrected chi connectivity index (χ2v) is 9.08. The van der Waals surface area contributed by atoms with Crippen molar-refractivity contribution in [3.05, 3.63) is 0 Å². The third-order valence-corrected chi connectivity index (χ3v) is 6.58. The van der Waals surface area contributed by atoms with Gasteiger partial charge in [-0.15, -0.1) is 0 Å². The van der Waals surface area contributed by atoms with Gasteiger partial charge in [0.05, 0.1) is 37.0 Å².